The van der Waals surface area contributed by atoms with Gasteiger partial charge in [-0.1, -0.05) is 39.8 Å². The maximum Gasteiger partial charge on any atom is -0.00988 e. The number of allylic oxidation sites excluding steroid dienone is 2. The summed E-state index contributed by atoms with van der Waals surface area (Å²) in [5.74, 6) is 1.24. The van der Waals surface area contributed by atoms with E-state index in [4.69, 9.17) is 0 Å². The van der Waals surface area contributed by atoms with Crippen LogP contribution in [0.25, 0.3) is 0 Å². The summed E-state index contributed by atoms with van der Waals surface area (Å²) >= 11 is 1.86. The third kappa shape index (κ3) is 77.9. The predicted molar refractivity (Wildman–Crippen MR) is 69.6 cm³/mol. The molecule has 0 atom stereocenters. The summed E-state index contributed by atoms with van der Waals surface area (Å²) in [5.41, 5.74) is 0.306. The molecular formula is C12H26S. The average molecular weight is 202 g/mol. The first-order valence-electron chi connectivity index (χ1n) is 4.59. The lowest BCUT2D eigenvalue weighted by Gasteiger charge is -2.08. The Kier molecular flexibility index (Phi) is 20.5. The van der Waals surface area contributed by atoms with E-state index in [9.17, 15) is 0 Å². The van der Waals surface area contributed by atoms with Crippen LogP contribution in [0.5, 0.6) is 0 Å². The van der Waals surface area contributed by atoms with E-state index in [-0.39, 0.29) is 0 Å². The lowest BCUT2D eigenvalue weighted by molar-refractivity contribution is 0.546. The van der Waals surface area contributed by atoms with Crippen molar-refractivity contribution in [3.8, 4) is 0 Å². The molecule has 0 aliphatic carbocycles. The van der Waals surface area contributed by atoms with Gasteiger partial charge < -0.3 is 0 Å². The lowest BCUT2D eigenvalue weighted by atomic mass is 9.98. The second-order valence-corrected chi connectivity index (χ2v) is 4.71. The molecule has 0 aromatic carbocycles. The van der Waals surface area contributed by atoms with Gasteiger partial charge in [-0.3, -0.25) is 0 Å². The quantitative estimate of drug-likeness (QED) is 0.551. The highest BCUT2D eigenvalue weighted by molar-refractivity contribution is 7.98. The van der Waals surface area contributed by atoms with Gasteiger partial charge in [-0.2, -0.15) is 11.8 Å². The molecule has 1 heteroatoms. The molecule has 80 valence electrons. The van der Waals surface area contributed by atoms with Crippen LogP contribution in [0.1, 0.15) is 34.6 Å². The van der Waals surface area contributed by atoms with Crippen LogP contribution in [0.4, 0.5) is 0 Å². The Morgan fingerprint density at radius 1 is 1.23 bits per heavy atom. The molecule has 0 amide bonds. The summed E-state index contributed by atoms with van der Waals surface area (Å²) < 4.78 is 0. The third-order valence-electron chi connectivity index (χ3n) is 0.901. The molecule has 0 aromatic rings. The van der Waals surface area contributed by atoms with Crippen molar-refractivity contribution >= 4 is 11.8 Å². The van der Waals surface area contributed by atoms with Crippen molar-refractivity contribution < 1.29 is 0 Å². The van der Waals surface area contributed by atoms with E-state index in [0.717, 1.165) is 0 Å². The van der Waals surface area contributed by atoms with Crippen molar-refractivity contribution in [3.05, 3.63) is 25.3 Å². The van der Waals surface area contributed by atoms with Crippen LogP contribution in [0, 0.1) is 5.41 Å². The second-order valence-electron chi connectivity index (χ2n) is 3.56. The van der Waals surface area contributed by atoms with Gasteiger partial charge in [0.05, 0.1) is 0 Å². The summed E-state index contributed by atoms with van der Waals surface area (Å²) in [6, 6.07) is 0. The first-order chi connectivity index (χ1) is 5.89. The van der Waals surface area contributed by atoms with E-state index in [1.54, 1.807) is 6.08 Å². The summed E-state index contributed by atoms with van der Waals surface area (Å²) in [7, 11) is 0. The van der Waals surface area contributed by atoms with Gasteiger partial charge in [-0.25, -0.2) is 0 Å². The van der Waals surface area contributed by atoms with Crippen LogP contribution in [0.15, 0.2) is 25.3 Å². The van der Waals surface area contributed by atoms with Gasteiger partial charge in [0.15, 0.2) is 0 Å². The first kappa shape index (κ1) is 18.6. The van der Waals surface area contributed by atoms with Gasteiger partial charge in [0.25, 0.3) is 0 Å². The largest absolute Gasteiger partial charge is 0.166 e. The van der Waals surface area contributed by atoms with E-state index in [1.165, 1.54) is 5.75 Å². The Balaban J connectivity index is -0.000000125. The van der Waals surface area contributed by atoms with E-state index in [2.05, 4.69) is 47.1 Å². The van der Waals surface area contributed by atoms with Crippen LogP contribution in [-0.4, -0.2) is 12.0 Å². The Bertz CT molecular complexity index is 96.2. The van der Waals surface area contributed by atoms with Gasteiger partial charge in [-0.05, 0) is 24.3 Å². The molecule has 13 heavy (non-hydrogen) atoms. The van der Waals surface area contributed by atoms with Gasteiger partial charge in [0, 0.05) is 0 Å². The number of hydrogen-bond acceptors (Lipinski definition) is 1. The molecule has 0 saturated carbocycles. The third-order valence-corrected chi connectivity index (χ3v) is 1.48. The SMILES string of the molecule is C=CC.C=CC(C)(C)C.CCSC. The molecule has 0 fully saturated rings. The van der Waals surface area contributed by atoms with Gasteiger partial charge in [-0.15, -0.1) is 13.2 Å². The highest BCUT2D eigenvalue weighted by atomic mass is 32.2. The Morgan fingerprint density at radius 3 is 1.38 bits per heavy atom. The molecule has 0 heterocycles. The maximum absolute atomic E-state index is 3.63. The minimum Gasteiger partial charge on any atom is -0.166 e. The number of thioether (sulfide) groups is 1. The summed E-state index contributed by atoms with van der Waals surface area (Å²) in [4.78, 5) is 0. The monoisotopic (exact) mass is 202 g/mol. The molecular weight excluding hydrogens is 176 g/mol. The Morgan fingerprint density at radius 2 is 1.38 bits per heavy atom. The van der Waals surface area contributed by atoms with Crippen molar-refractivity contribution in [2.75, 3.05) is 12.0 Å². The second kappa shape index (κ2) is 14.4. The maximum atomic E-state index is 3.63. The zero-order valence-corrected chi connectivity index (χ0v) is 11.0. The van der Waals surface area contributed by atoms with Crippen molar-refractivity contribution in [3.63, 3.8) is 0 Å². The fourth-order valence-electron chi connectivity index (χ4n) is 0. The standard InChI is InChI=1S/C6H12.C3H8S.C3H6/c1-5-6(2,3)4;1-3-4-2;1-3-2/h5H,1H2,2-4H3;3H2,1-2H3;3H,1H2,2H3. The summed E-state index contributed by atoms with van der Waals surface area (Å²) in [5, 5.41) is 0. The lowest BCUT2D eigenvalue weighted by Crippen LogP contribution is -1.96. The smallest absolute Gasteiger partial charge is 0.00988 e. The Labute approximate surface area is 89.5 Å². The number of hydrogen-bond donors (Lipinski definition) is 0. The zero-order valence-electron chi connectivity index (χ0n) is 10.2. The number of rotatable bonds is 1. The van der Waals surface area contributed by atoms with Crippen LogP contribution < -0.4 is 0 Å². The van der Waals surface area contributed by atoms with Crippen LogP contribution >= 0.6 is 11.8 Å². The molecule has 0 rings (SSSR count). The van der Waals surface area contributed by atoms with Crippen LogP contribution in [0.3, 0.4) is 0 Å². The highest BCUT2D eigenvalue weighted by Gasteiger charge is 1.99. The highest BCUT2D eigenvalue weighted by Crippen LogP contribution is 2.11. The molecule has 0 aromatic heterocycles. The molecule has 0 bridgehead atoms. The fourth-order valence-corrected chi connectivity index (χ4v) is 0. The van der Waals surface area contributed by atoms with Crippen LogP contribution in [0.2, 0.25) is 0 Å². The molecule has 0 spiro atoms. The molecule has 0 aliphatic heterocycles. The average Bonchev–Trinajstić information content (AvgIpc) is 2.05. The zero-order chi connectivity index (χ0) is 11.3. The van der Waals surface area contributed by atoms with Crippen molar-refractivity contribution in [2.45, 2.75) is 34.6 Å². The normalized spacial score (nSPS) is 8.46. The molecule has 0 aliphatic rings. The summed E-state index contributed by atoms with van der Waals surface area (Å²) in [6.07, 6.45) is 5.78. The van der Waals surface area contributed by atoms with Crippen LogP contribution in [-0.2, 0) is 0 Å². The van der Waals surface area contributed by atoms with E-state index in [1.807, 2.05) is 24.8 Å². The minimum atomic E-state index is 0.306. The fraction of sp³-hybridized carbons (Fsp3) is 0.667. The van der Waals surface area contributed by atoms with E-state index >= 15 is 0 Å². The minimum absolute atomic E-state index is 0.306. The van der Waals surface area contributed by atoms with E-state index < -0.39 is 0 Å². The van der Waals surface area contributed by atoms with Gasteiger partial charge in [0.1, 0.15) is 0 Å². The molecule has 0 unspecified atom stereocenters. The van der Waals surface area contributed by atoms with Gasteiger partial charge in [0.2, 0.25) is 0 Å². The molecule has 0 saturated heterocycles. The molecule has 0 nitrogen and oxygen atoms in total. The molecule has 0 radical (unpaired) electrons. The van der Waals surface area contributed by atoms with Gasteiger partial charge >= 0.3 is 0 Å². The topological polar surface area (TPSA) is 0 Å². The Hall–Kier alpha value is -0.170. The first-order valence-corrected chi connectivity index (χ1v) is 5.98. The predicted octanol–water partition coefficient (Wildman–Crippen LogP) is 4.78. The summed E-state index contributed by atoms with van der Waals surface area (Å²) in [6.45, 7) is 17.4. The van der Waals surface area contributed by atoms with Crippen molar-refractivity contribution in [1.82, 2.24) is 0 Å². The van der Waals surface area contributed by atoms with Crippen molar-refractivity contribution in [2.24, 2.45) is 5.41 Å². The van der Waals surface area contributed by atoms with E-state index in [0.29, 0.717) is 5.41 Å². The molecule has 0 N–H and O–H groups in total. The van der Waals surface area contributed by atoms with Crippen molar-refractivity contribution in [1.29, 1.82) is 0 Å².